The molecule has 1 aromatic heterocycles. The Bertz CT molecular complexity index is 876. The Morgan fingerprint density at radius 2 is 1.69 bits per heavy atom. The highest BCUT2D eigenvalue weighted by atomic mass is 35.5. The van der Waals surface area contributed by atoms with E-state index in [0.717, 1.165) is 0 Å². The number of thioether (sulfide) groups is 1. The third-order valence-electron chi connectivity index (χ3n) is 3.19. The van der Waals surface area contributed by atoms with Crippen LogP contribution in [0.2, 0.25) is 5.02 Å². The molecule has 0 unspecified atom stereocenters. The zero-order valence-electron chi connectivity index (χ0n) is 13.6. The van der Waals surface area contributed by atoms with Crippen LogP contribution < -0.4 is 9.47 Å². The molecule has 1 heterocycles. The van der Waals surface area contributed by atoms with Crippen molar-refractivity contribution in [2.45, 2.75) is 11.8 Å². The second-order valence-electron chi connectivity index (χ2n) is 5.04. The molecule has 0 saturated carbocycles. The molecule has 0 fully saturated rings. The summed E-state index contributed by atoms with van der Waals surface area (Å²) in [6, 6.07) is 16.1. The molecule has 3 aromatic rings. The van der Waals surface area contributed by atoms with Gasteiger partial charge in [-0.1, -0.05) is 23.4 Å². The minimum atomic E-state index is 0.191. The number of nitriles is 1. The smallest absolute Gasteiger partial charge is 0.276 e. The fourth-order valence-electron chi connectivity index (χ4n) is 1.94. The summed E-state index contributed by atoms with van der Waals surface area (Å²) in [4.78, 5) is 0. The van der Waals surface area contributed by atoms with Crippen molar-refractivity contribution < 1.29 is 13.9 Å². The first kappa shape index (κ1) is 18.1. The summed E-state index contributed by atoms with van der Waals surface area (Å²) in [6.45, 7) is 0.673. The second kappa shape index (κ2) is 9.13. The maximum atomic E-state index is 8.75. The van der Waals surface area contributed by atoms with Gasteiger partial charge in [-0.2, -0.15) is 5.26 Å². The van der Waals surface area contributed by atoms with E-state index in [-0.39, 0.29) is 6.61 Å². The summed E-state index contributed by atoms with van der Waals surface area (Å²) in [5.41, 5.74) is 0.603. The Labute approximate surface area is 159 Å². The van der Waals surface area contributed by atoms with Crippen LogP contribution in [-0.4, -0.2) is 22.6 Å². The molecule has 2 aromatic carbocycles. The lowest BCUT2D eigenvalue weighted by molar-refractivity contribution is 0.252. The molecule has 0 aliphatic rings. The van der Waals surface area contributed by atoms with Crippen molar-refractivity contribution in [1.29, 1.82) is 5.26 Å². The fourth-order valence-corrected chi connectivity index (χ4v) is 2.67. The van der Waals surface area contributed by atoms with Gasteiger partial charge in [0.1, 0.15) is 11.5 Å². The second-order valence-corrected chi connectivity index (χ2v) is 6.52. The summed E-state index contributed by atoms with van der Waals surface area (Å²) < 4.78 is 16.7. The number of halogens is 1. The zero-order valence-corrected chi connectivity index (χ0v) is 15.2. The molecule has 0 aliphatic carbocycles. The maximum Gasteiger partial charge on any atom is 0.276 e. The molecule has 0 radical (unpaired) electrons. The van der Waals surface area contributed by atoms with E-state index < -0.39 is 0 Å². The summed E-state index contributed by atoms with van der Waals surface area (Å²) in [6.07, 6.45) is 0. The van der Waals surface area contributed by atoms with E-state index >= 15 is 0 Å². The molecule has 0 atom stereocenters. The van der Waals surface area contributed by atoms with Gasteiger partial charge in [0.05, 0.1) is 18.2 Å². The molecule has 0 aliphatic heterocycles. The molecule has 3 rings (SSSR count). The number of benzene rings is 2. The van der Waals surface area contributed by atoms with Crippen molar-refractivity contribution in [2.24, 2.45) is 0 Å². The Kier molecular flexibility index (Phi) is 6.36. The molecule has 8 heteroatoms. The SMILES string of the molecule is N#Cc1ccc(OCCSc2nnc(COc3ccc(Cl)cc3)o2)cc1. The van der Waals surface area contributed by atoms with E-state index in [4.69, 9.17) is 30.8 Å². The Balaban J connectivity index is 1.39. The molecule has 0 amide bonds. The number of ether oxygens (including phenoxy) is 2. The Morgan fingerprint density at radius 1 is 1.00 bits per heavy atom. The highest BCUT2D eigenvalue weighted by Crippen LogP contribution is 2.19. The van der Waals surface area contributed by atoms with Gasteiger partial charge >= 0.3 is 0 Å². The standard InChI is InChI=1S/C18H14ClN3O3S/c19-14-3-7-16(8-4-14)24-12-17-21-22-18(25-17)26-10-9-23-15-5-1-13(11-20)2-6-15/h1-8H,9-10,12H2. The van der Waals surface area contributed by atoms with Crippen LogP contribution in [0.1, 0.15) is 11.5 Å². The van der Waals surface area contributed by atoms with Gasteiger partial charge in [-0.15, -0.1) is 10.2 Å². The van der Waals surface area contributed by atoms with Gasteiger partial charge in [0, 0.05) is 10.8 Å². The van der Waals surface area contributed by atoms with Crippen molar-refractivity contribution in [3.63, 3.8) is 0 Å². The minimum Gasteiger partial charge on any atom is -0.493 e. The molecule has 132 valence electrons. The third kappa shape index (κ3) is 5.41. The lowest BCUT2D eigenvalue weighted by atomic mass is 10.2. The zero-order chi connectivity index (χ0) is 18.2. The molecular weight excluding hydrogens is 374 g/mol. The van der Waals surface area contributed by atoms with Gasteiger partial charge in [-0.3, -0.25) is 0 Å². The normalized spacial score (nSPS) is 10.3. The van der Waals surface area contributed by atoms with Gasteiger partial charge in [0.15, 0.2) is 6.61 Å². The molecule has 0 saturated heterocycles. The van der Waals surface area contributed by atoms with Crippen LogP contribution in [0.15, 0.2) is 58.2 Å². The highest BCUT2D eigenvalue weighted by molar-refractivity contribution is 7.99. The number of hydrogen-bond acceptors (Lipinski definition) is 7. The average Bonchev–Trinajstić information content (AvgIpc) is 3.13. The number of rotatable bonds is 8. The van der Waals surface area contributed by atoms with Gasteiger partial charge in [0.25, 0.3) is 11.1 Å². The topological polar surface area (TPSA) is 81.2 Å². The van der Waals surface area contributed by atoms with Crippen molar-refractivity contribution >= 4 is 23.4 Å². The molecule has 0 N–H and O–H groups in total. The van der Waals surface area contributed by atoms with Crippen LogP contribution in [0.5, 0.6) is 11.5 Å². The fraction of sp³-hybridized carbons (Fsp3) is 0.167. The first-order valence-corrected chi connectivity index (χ1v) is 9.06. The summed E-state index contributed by atoms with van der Waals surface area (Å²) in [5.74, 6) is 2.44. The van der Waals surface area contributed by atoms with Crippen LogP contribution in [0.4, 0.5) is 0 Å². The summed E-state index contributed by atoms with van der Waals surface area (Å²) in [5, 5.41) is 17.8. The third-order valence-corrected chi connectivity index (χ3v) is 4.22. The largest absolute Gasteiger partial charge is 0.493 e. The van der Waals surface area contributed by atoms with Gasteiger partial charge in [0.2, 0.25) is 0 Å². The van der Waals surface area contributed by atoms with Crippen LogP contribution in [0.25, 0.3) is 0 Å². The summed E-state index contributed by atoms with van der Waals surface area (Å²) in [7, 11) is 0. The first-order chi connectivity index (χ1) is 12.7. The van der Waals surface area contributed by atoms with Crippen molar-refractivity contribution in [3.05, 3.63) is 65.0 Å². The van der Waals surface area contributed by atoms with E-state index in [0.29, 0.717) is 45.6 Å². The van der Waals surface area contributed by atoms with Gasteiger partial charge < -0.3 is 13.9 Å². The molecule has 26 heavy (non-hydrogen) atoms. The summed E-state index contributed by atoms with van der Waals surface area (Å²) >= 11 is 7.22. The first-order valence-electron chi connectivity index (χ1n) is 7.69. The maximum absolute atomic E-state index is 8.75. The lowest BCUT2D eigenvalue weighted by Crippen LogP contribution is -1.99. The predicted molar refractivity (Wildman–Crippen MR) is 97.5 cm³/mol. The molecule has 6 nitrogen and oxygen atoms in total. The Morgan fingerprint density at radius 3 is 2.42 bits per heavy atom. The molecule has 0 spiro atoms. The van der Waals surface area contributed by atoms with Gasteiger partial charge in [-0.25, -0.2) is 0 Å². The van der Waals surface area contributed by atoms with E-state index in [1.807, 2.05) is 0 Å². The highest BCUT2D eigenvalue weighted by Gasteiger charge is 2.08. The van der Waals surface area contributed by atoms with Crippen LogP contribution >= 0.6 is 23.4 Å². The van der Waals surface area contributed by atoms with Crippen molar-refractivity contribution in [2.75, 3.05) is 12.4 Å². The molecule has 0 bridgehead atoms. The Hall–Kier alpha value is -2.69. The lowest BCUT2D eigenvalue weighted by Gasteiger charge is -2.04. The van der Waals surface area contributed by atoms with Gasteiger partial charge in [-0.05, 0) is 48.5 Å². The van der Waals surface area contributed by atoms with E-state index in [1.54, 1.807) is 48.5 Å². The minimum absolute atomic E-state index is 0.191. The predicted octanol–water partition coefficient (Wildman–Crippen LogP) is 4.34. The van der Waals surface area contributed by atoms with Crippen LogP contribution in [0, 0.1) is 11.3 Å². The average molecular weight is 388 g/mol. The van der Waals surface area contributed by atoms with Crippen molar-refractivity contribution in [1.82, 2.24) is 10.2 Å². The number of hydrogen-bond donors (Lipinski definition) is 0. The van der Waals surface area contributed by atoms with Crippen molar-refractivity contribution in [3.8, 4) is 17.6 Å². The number of nitrogens with zero attached hydrogens (tertiary/aromatic N) is 3. The quantitative estimate of drug-likeness (QED) is 0.420. The van der Waals surface area contributed by atoms with Crippen LogP contribution in [-0.2, 0) is 6.61 Å². The monoisotopic (exact) mass is 387 g/mol. The van der Waals surface area contributed by atoms with E-state index in [9.17, 15) is 0 Å². The molecular formula is C18H14ClN3O3S. The van der Waals surface area contributed by atoms with E-state index in [1.165, 1.54) is 11.8 Å². The van der Waals surface area contributed by atoms with E-state index in [2.05, 4.69) is 16.3 Å². The van der Waals surface area contributed by atoms with Crippen LogP contribution in [0.3, 0.4) is 0 Å². The number of aromatic nitrogens is 2.